The molecule has 2 aromatic carbocycles. The highest BCUT2D eigenvalue weighted by atomic mass is 16.5. The molecule has 0 aliphatic rings. The first-order valence-corrected chi connectivity index (χ1v) is 8.04. The average molecular weight is 338 g/mol. The summed E-state index contributed by atoms with van der Waals surface area (Å²) in [5.74, 6) is -0.979. The van der Waals surface area contributed by atoms with Gasteiger partial charge >= 0.3 is 11.6 Å². The van der Waals surface area contributed by atoms with E-state index in [0.29, 0.717) is 23.1 Å². The fraction of sp³-hybridized carbons (Fsp3) is 0.200. The Morgan fingerprint density at radius 2 is 1.92 bits per heavy atom. The summed E-state index contributed by atoms with van der Waals surface area (Å²) in [4.78, 5) is 24.2. The Labute approximate surface area is 144 Å². The van der Waals surface area contributed by atoms with Crippen LogP contribution in [0.5, 0.6) is 5.75 Å². The molecule has 128 valence electrons. The lowest BCUT2D eigenvalue weighted by Gasteiger charge is -2.12. The van der Waals surface area contributed by atoms with Crippen molar-refractivity contribution in [2.45, 2.75) is 19.8 Å². The molecule has 0 radical (unpaired) electrons. The highest BCUT2D eigenvalue weighted by Crippen LogP contribution is 2.34. The van der Waals surface area contributed by atoms with Crippen molar-refractivity contribution in [1.82, 2.24) is 0 Å². The number of hydrogen-bond donors (Lipinski definition) is 1. The van der Waals surface area contributed by atoms with Crippen LogP contribution in [0.1, 0.15) is 25.3 Å². The lowest BCUT2D eigenvalue weighted by Crippen LogP contribution is -2.13. The number of esters is 1. The molecule has 0 saturated carbocycles. The monoisotopic (exact) mass is 338 g/mol. The summed E-state index contributed by atoms with van der Waals surface area (Å²) in [6, 6.07) is 13.8. The smallest absolute Gasteiger partial charge is 0.347 e. The molecule has 1 aromatic heterocycles. The lowest BCUT2D eigenvalue weighted by molar-refractivity contribution is -0.144. The van der Waals surface area contributed by atoms with Crippen LogP contribution in [-0.4, -0.2) is 17.7 Å². The molecule has 0 aliphatic carbocycles. The number of fused-ring (bicyclic) bond motifs is 1. The van der Waals surface area contributed by atoms with Crippen LogP contribution in [0.3, 0.4) is 0 Å². The van der Waals surface area contributed by atoms with Crippen LogP contribution in [0.4, 0.5) is 0 Å². The fourth-order valence-corrected chi connectivity index (χ4v) is 2.73. The summed E-state index contributed by atoms with van der Waals surface area (Å²) >= 11 is 0. The Morgan fingerprint density at radius 3 is 2.60 bits per heavy atom. The van der Waals surface area contributed by atoms with Gasteiger partial charge in [-0.1, -0.05) is 36.4 Å². The molecule has 0 saturated heterocycles. The molecule has 0 aliphatic heterocycles. The number of ether oxygens (including phenoxy) is 1. The van der Waals surface area contributed by atoms with Gasteiger partial charge in [0.05, 0.1) is 17.9 Å². The molecule has 0 fully saturated rings. The number of carbonyl (C=O) groups is 1. The van der Waals surface area contributed by atoms with Gasteiger partial charge < -0.3 is 14.3 Å². The first-order chi connectivity index (χ1) is 12.0. The number of hydrogen-bond acceptors (Lipinski definition) is 5. The number of carbonyl (C=O) groups excluding carboxylic acids is 1. The zero-order valence-electron chi connectivity index (χ0n) is 14.0. The van der Waals surface area contributed by atoms with Crippen molar-refractivity contribution in [1.29, 1.82) is 0 Å². The van der Waals surface area contributed by atoms with E-state index in [1.807, 2.05) is 6.07 Å². The molecule has 0 amide bonds. The quantitative estimate of drug-likeness (QED) is 0.578. The summed E-state index contributed by atoms with van der Waals surface area (Å²) in [5, 5.41) is 11.0. The van der Waals surface area contributed by atoms with E-state index in [1.54, 1.807) is 56.3 Å². The molecular formula is C20H18O5. The Balaban J connectivity index is 2.12. The zero-order valence-corrected chi connectivity index (χ0v) is 14.0. The van der Waals surface area contributed by atoms with Gasteiger partial charge in [0.2, 0.25) is 0 Å². The van der Waals surface area contributed by atoms with Crippen LogP contribution in [0.25, 0.3) is 22.1 Å². The largest absolute Gasteiger partial charge is 0.506 e. The minimum absolute atomic E-state index is 0.124. The van der Waals surface area contributed by atoms with Crippen LogP contribution >= 0.6 is 0 Å². The molecule has 1 atom stereocenters. The summed E-state index contributed by atoms with van der Waals surface area (Å²) in [7, 11) is 0. The third-order valence-electron chi connectivity index (χ3n) is 4.11. The van der Waals surface area contributed by atoms with Crippen molar-refractivity contribution in [3.63, 3.8) is 0 Å². The Morgan fingerprint density at radius 1 is 1.20 bits per heavy atom. The van der Waals surface area contributed by atoms with Crippen molar-refractivity contribution < 1.29 is 19.1 Å². The minimum Gasteiger partial charge on any atom is -0.506 e. The van der Waals surface area contributed by atoms with Gasteiger partial charge in [-0.15, -0.1) is 0 Å². The average Bonchev–Trinajstić information content (AvgIpc) is 2.61. The van der Waals surface area contributed by atoms with Gasteiger partial charge in [0.25, 0.3) is 0 Å². The predicted octanol–water partition coefficient (Wildman–Crippen LogP) is 3.83. The maximum Gasteiger partial charge on any atom is 0.347 e. The second-order valence-corrected chi connectivity index (χ2v) is 5.71. The molecule has 0 bridgehead atoms. The van der Waals surface area contributed by atoms with Crippen molar-refractivity contribution in [3.8, 4) is 16.9 Å². The van der Waals surface area contributed by atoms with Gasteiger partial charge in [0.1, 0.15) is 16.9 Å². The molecule has 1 unspecified atom stereocenters. The molecule has 3 rings (SSSR count). The van der Waals surface area contributed by atoms with Gasteiger partial charge in [-0.25, -0.2) is 4.79 Å². The Kier molecular flexibility index (Phi) is 4.57. The molecule has 5 nitrogen and oxygen atoms in total. The Hall–Kier alpha value is -3.08. The third-order valence-corrected chi connectivity index (χ3v) is 4.11. The lowest BCUT2D eigenvalue weighted by atomic mass is 9.98. The first kappa shape index (κ1) is 16.8. The van der Waals surface area contributed by atoms with E-state index in [1.165, 1.54) is 0 Å². The fourth-order valence-electron chi connectivity index (χ4n) is 2.73. The van der Waals surface area contributed by atoms with E-state index in [9.17, 15) is 14.7 Å². The topological polar surface area (TPSA) is 76.7 Å². The third kappa shape index (κ3) is 3.13. The van der Waals surface area contributed by atoms with Gasteiger partial charge in [0.15, 0.2) is 0 Å². The van der Waals surface area contributed by atoms with E-state index in [2.05, 4.69) is 0 Å². The normalized spacial score (nSPS) is 12.1. The van der Waals surface area contributed by atoms with Crippen LogP contribution in [0, 0.1) is 0 Å². The van der Waals surface area contributed by atoms with E-state index >= 15 is 0 Å². The van der Waals surface area contributed by atoms with E-state index in [-0.39, 0.29) is 22.9 Å². The van der Waals surface area contributed by atoms with Gasteiger partial charge in [-0.05, 0) is 37.1 Å². The molecule has 0 spiro atoms. The van der Waals surface area contributed by atoms with E-state index in [0.717, 1.165) is 0 Å². The number of aromatic hydroxyl groups is 1. The van der Waals surface area contributed by atoms with Crippen LogP contribution in [0.15, 0.2) is 57.7 Å². The summed E-state index contributed by atoms with van der Waals surface area (Å²) in [5.41, 5.74) is 0.966. The van der Waals surface area contributed by atoms with Gasteiger partial charge in [-0.3, -0.25) is 4.79 Å². The molecule has 25 heavy (non-hydrogen) atoms. The van der Waals surface area contributed by atoms with Crippen LogP contribution in [-0.2, 0) is 9.53 Å². The van der Waals surface area contributed by atoms with Crippen molar-refractivity contribution in [2.75, 3.05) is 6.61 Å². The van der Waals surface area contributed by atoms with Gasteiger partial charge in [0, 0.05) is 0 Å². The van der Waals surface area contributed by atoms with E-state index < -0.39 is 11.5 Å². The molecular weight excluding hydrogens is 320 g/mol. The number of benzene rings is 2. The first-order valence-electron chi connectivity index (χ1n) is 8.04. The highest BCUT2D eigenvalue weighted by molar-refractivity contribution is 5.91. The molecule has 5 heteroatoms. The highest BCUT2D eigenvalue weighted by Gasteiger charge is 2.20. The maximum atomic E-state index is 12.4. The second kappa shape index (κ2) is 6.81. The predicted molar refractivity (Wildman–Crippen MR) is 94.6 cm³/mol. The maximum absolute atomic E-state index is 12.4. The summed E-state index contributed by atoms with van der Waals surface area (Å²) in [6.07, 6.45) is 0. The van der Waals surface area contributed by atoms with Crippen molar-refractivity contribution in [3.05, 3.63) is 64.5 Å². The minimum atomic E-state index is -0.628. The van der Waals surface area contributed by atoms with Crippen molar-refractivity contribution >= 4 is 16.9 Å². The van der Waals surface area contributed by atoms with Crippen molar-refractivity contribution in [2.24, 2.45) is 0 Å². The molecule has 1 heterocycles. The SMILES string of the molecule is CCOC(=O)C(C)c1ccc2c(O)c(-c3ccccc3)c(=O)oc2c1. The molecule has 1 N–H and O–H groups in total. The molecule has 3 aromatic rings. The Bertz CT molecular complexity index is 973. The number of rotatable bonds is 4. The summed E-state index contributed by atoms with van der Waals surface area (Å²) < 4.78 is 10.4. The van der Waals surface area contributed by atoms with Crippen LogP contribution in [0.2, 0.25) is 0 Å². The second-order valence-electron chi connectivity index (χ2n) is 5.71. The van der Waals surface area contributed by atoms with E-state index in [4.69, 9.17) is 9.15 Å². The van der Waals surface area contributed by atoms with Crippen LogP contribution < -0.4 is 5.63 Å². The zero-order chi connectivity index (χ0) is 18.0. The summed E-state index contributed by atoms with van der Waals surface area (Å²) in [6.45, 7) is 3.76. The standard InChI is InChI=1S/C20H18O5/c1-3-24-19(22)12(2)14-9-10-15-16(11-14)25-20(23)17(18(15)21)13-7-5-4-6-8-13/h4-12,21H,3H2,1-2H3. The van der Waals surface area contributed by atoms with Gasteiger partial charge in [-0.2, -0.15) is 0 Å².